The molecule has 4 aliphatic heterocycles. The first-order valence-electron chi connectivity index (χ1n) is 25.6. The molecule has 76 heavy (non-hydrogen) atoms. The number of amides is 3. The van der Waals surface area contributed by atoms with Crippen LogP contribution in [0.25, 0.3) is 44.1 Å². The highest BCUT2D eigenvalue weighted by Gasteiger charge is 2.56. The Morgan fingerprint density at radius 1 is 0.592 bits per heavy atom. The van der Waals surface area contributed by atoms with E-state index in [2.05, 4.69) is 15.1 Å². The molecule has 0 radical (unpaired) electrons. The Morgan fingerprint density at radius 3 is 1.43 bits per heavy atom. The average Bonchev–Trinajstić information content (AvgIpc) is 4.36. The molecule has 2 fully saturated rings. The molecule has 0 saturated carbocycles. The zero-order chi connectivity index (χ0) is 54.0. The van der Waals surface area contributed by atoms with Gasteiger partial charge in [-0.15, -0.1) is 0 Å². The molecule has 2 aromatic heterocycles. The SMILES string of the molecule is CC.CN1CCC2(C1)C(=O)N(Cc1c(F)cc(-c3cccc4nn(C)cc34)cc1F)c1ccccc12.Cn1cc2c(-c3cc(F)c(CN4C(=O)C5(CCN(C(=O)OC(C)(C)C)C5)c5ccccc54)c(F)c3)cccc2n1. The molecule has 2 atom stereocenters. The maximum Gasteiger partial charge on any atom is 0.410 e. The van der Waals surface area contributed by atoms with Crippen molar-refractivity contribution >= 4 is 51.1 Å². The van der Waals surface area contributed by atoms with Crippen molar-refractivity contribution in [2.24, 2.45) is 14.1 Å². The normalized spacial score (nSPS) is 18.9. The van der Waals surface area contributed by atoms with E-state index in [9.17, 15) is 14.4 Å². The maximum absolute atomic E-state index is 15.6. The molecule has 2 spiro atoms. The second-order valence-corrected chi connectivity index (χ2v) is 21.0. The monoisotopic (exact) mass is 1030 g/mol. The van der Waals surface area contributed by atoms with E-state index in [0.29, 0.717) is 53.9 Å². The van der Waals surface area contributed by atoms with Gasteiger partial charge in [-0.1, -0.05) is 74.5 Å². The topological polar surface area (TPSA) is 109 Å². The summed E-state index contributed by atoms with van der Waals surface area (Å²) in [5.41, 5.74) is 4.16. The number of hydrogen-bond acceptors (Lipinski definition) is 7. The van der Waals surface area contributed by atoms with Gasteiger partial charge in [0.15, 0.2) is 0 Å². The molecule has 392 valence electrons. The Balaban J connectivity index is 0.000000169. The molecule has 0 N–H and O–H groups in total. The Bertz CT molecular complexity index is 3560. The molecule has 2 saturated heterocycles. The van der Waals surface area contributed by atoms with Crippen molar-refractivity contribution in [3.8, 4) is 22.3 Å². The number of nitrogens with zero attached hydrogens (tertiary/aromatic N) is 8. The quantitative estimate of drug-likeness (QED) is 0.153. The number of carbonyl (C=O) groups excluding carboxylic acids is 3. The molecular weight excluding hydrogens is 973 g/mol. The first-order chi connectivity index (χ1) is 36.3. The second kappa shape index (κ2) is 19.7. The number of likely N-dealkylation sites (tertiary alicyclic amines) is 2. The van der Waals surface area contributed by atoms with E-state index in [1.54, 1.807) is 71.2 Å². The maximum atomic E-state index is 15.6. The van der Waals surface area contributed by atoms with Crippen LogP contribution in [0.15, 0.2) is 122 Å². The van der Waals surface area contributed by atoms with E-state index >= 15 is 17.6 Å². The predicted octanol–water partition coefficient (Wildman–Crippen LogP) is 11.6. The average molecular weight is 1030 g/mol. The third-order valence-corrected chi connectivity index (χ3v) is 15.0. The van der Waals surface area contributed by atoms with E-state index in [1.165, 1.54) is 29.2 Å². The molecule has 4 aliphatic rings. The Kier molecular flexibility index (Phi) is 13.4. The van der Waals surface area contributed by atoms with Crippen LogP contribution in [-0.2, 0) is 52.3 Å². The van der Waals surface area contributed by atoms with Crippen molar-refractivity contribution in [1.82, 2.24) is 29.4 Å². The van der Waals surface area contributed by atoms with E-state index in [-0.39, 0.29) is 42.6 Å². The fourth-order valence-electron chi connectivity index (χ4n) is 11.6. The molecule has 3 amide bonds. The van der Waals surface area contributed by atoms with E-state index < -0.39 is 45.8 Å². The highest BCUT2D eigenvalue weighted by atomic mass is 19.1. The summed E-state index contributed by atoms with van der Waals surface area (Å²) in [6.07, 6.45) is 4.28. The molecule has 2 unspecified atom stereocenters. The van der Waals surface area contributed by atoms with Gasteiger partial charge in [0.05, 0.1) is 35.0 Å². The fraction of sp³-hybridized carbons (Fsp3) is 0.317. The molecule has 8 aromatic rings. The number of fused-ring (bicyclic) bond motifs is 6. The summed E-state index contributed by atoms with van der Waals surface area (Å²) in [6.45, 7) is 10.9. The number of hydrogen-bond donors (Lipinski definition) is 0. The predicted molar refractivity (Wildman–Crippen MR) is 287 cm³/mol. The van der Waals surface area contributed by atoms with Crippen molar-refractivity contribution < 1.29 is 36.7 Å². The van der Waals surface area contributed by atoms with Crippen LogP contribution >= 0.6 is 0 Å². The number of halogens is 4. The minimum atomic E-state index is -0.990. The van der Waals surface area contributed by atoms with Crippen molar-refractivity contribution in [1.29, 1.82) is 0 Å². The van der Waals surface area contributed by atoms with Crippen LogP contribution < -0.4 is 9.80 Å². The van der Waals surface area contributed by atoms with Gasteiger partial charge in [-0.05, 0) is 129 Å². The van der Waals surface area contributed by atoms with Gasteiger partial charge in [-0.25, -0.2) is 22.4 Å². The standard InChI is InChI=1S/C31H30F2N4O3.C27H24F2N4O.C2H6/c1-30(2,3)40-29(39)36-13-12-31(18-36)23-9-5-6-11-27(23)37(28(31)38)17-22-24(32)14-19(15-25(22)33)20-8-7-10-26-21(20)16-35(4)34-26;1-31-11-10-27(16-31)21-7-3-4-9-25(21)33(26(27)34)15-20-22(28)12-17(13-23(20)29)18-6-5-8-24-19(18)14-32(2)30-24;1-2/h5-11,14-16H,12-13,17-18H2,1-4H3;3-9,12-14H,10-11,15-16H2,1-2H3;1-2H3. The number of carbonyl (C=O) groups is 3. The van der Waals surface area contributed by atoms with E-state index in [0.717, 1.165) is 45.2 Å². The Morgan fingerprint density at radius 2 is 1.01 bits per heavy atom. The third-order valence-electron chi connectivity index (χ3n) is 15.0. The molecule has 16 heteroatoms. The largest absolute Gasteiger partial charge is 0.444 e. The number of likely N-dealkylation sites (N-methyl/N-ethyl adjacent to an activating group) is 1. The van der Waals surface area contributed by atoms with Gasteiger partial charge in [-0.3, -0.25) is 19.0 Å². The number of ether oxygens (including phenoxy) is 1. The summed E-state index contributed by atoms with van der Waals surface area (Å²) in [6, 6.07) is 31.2. The molecule has 12 nitrogen and oxygen atoms in total. The van der Waals surface area contributed by atoms with Crippen LogP contribution in [-0.4, -0.2) is 86.1 Å². The number of aromatic nitrogens is 4. The van der Waals surface area contributed by atoms with Crippen molar-refractivity contribution in [3.63, 3.8) is 0 Å². The van der Waals surface area contributed by atoms with Crippen LogP contribution in [0.4, 0.5) is 33.7 Å². The number of aryl methyl sites for hydroxylation is 2. The lowest BCUT2D eigenvalue weighted by atomic mass is 9.81. The number of benzene rings is 6. The van der Waals surface area contributed by atoms with Crippen LogP contribution in [0.3, 0.4) is 0 Å². The minimum absolute atomic E-state index is 0.0824. The first kappa shape index (κ1) is 51.6. The summed E-state index contributed by atoms with van der Waals surface area (Å²) in [7, 11) is 5.60. The highest BCUT2D eigenvalue weighted by molar-refractivity contribution is 6.10. The van der Waals surface area contributed by atoms with E-state index in [1.807, 2.05) is 101 Å². The van der Waals surface area contributed by atoms with Gasteiger partial charge in [0.2, 0.25) is 11.8 Å². The summed E-state index contributed by atoms with van der Waals surface area (Å²) < 4.78 is 70.8. The van der Waals surface area contributed by atoms with Crippen LogP contribution in [0.5, 0.6) is 0 Å². The minimum Gasteiger partial charge on any atom is -0.444 e. The zero-order valence-corrected chi connectivity index (χ0v) is 43.9. The Hall–Kier alpha value is -7.85. The van der Waals surface area contributed by atoms with Crippen molar-refractivity contribution in [3.05, 3.63) is 167 Å². The Labute approximate surface area is 439 Å². The number of para-hydroxylation sites is 2. The molecule has 6 heterocycles. The van der Waals surface area contributed by atoms with Gasteiger partial charge in [-0.2, -0.15) is 10.2 Å². The van der Waals surface area contributed by atoms with Gasteiger partial charge < -0.3 is 24.3 Å². The lowest BCUT2D eigenvalue weighted by molar-refractivity contribution is -0.123. The van der Waals surface area contributed by atoms with Crippen LogP contribution in [0, 0.1) is 23.3 Å². The van der Waals surface area contributed by atoms with Gasteiger partial charge in [0, 0.05) is 79.4 Å². The molecule has 0 bridgehead atoms. The smallest absolute Gasteiger partial charge is 0.410 e. The lowest BCUT2D eigenvalue weighted by Crippen LogP contribution is -2.44. The van der Waals surface area contributed by atoms with Gasteiger partial charge >= 0.3 is 6.09 Å². The first-order valence-corrected chi connectivity index (χ1v) is 25.6. The molecule has 0 aliphatic carbocycles. The number of rotatable bonds is 6. The molecule has 6 aromatic carbocycles. The van der Waals surface area contributed by atoms with Crippen LogP contribution in [0.2, 0.25) is 0 Å². The summed E-state index contributed by atoms with van der Waals surface area (Å²) in [5.74, 6) is -3.15. The highest BCUT2D eigenvalue weighted by Crippen LogP contribution is 2.50. The summed E-state index contributed by atoms with van der Waals surface area (Å²) in [4.78, 5) is 47.1. The van der Waals surface area contributed by atoms with Gasteiger partial charge in [0.1, 0.15) is 28.9 Å². The molecule has 12 rings (SSSR count). The van der Waals surface area contributed by atoms with Gasteiger partial charge in [0.25, 0.3) is 0 Å². The third kappa shape index (κ3) is 8.95. The lowest BCUT2D eigenvalue weighted by Gasteiger charge is -2.27. The zero-order valence-electron chi connectivity index (χ0n) is 43.9. The van der Waals surface area contributed by atoms with Crippen molar-refractivity contribution in [2.45, 2.75) is 77.0 Å². The second-order valence-electron chi connectivity index (χ2n) is 21.0. The van der Waals surface area contributed by atoms with Crippen LogP contribution in [0.1, 0.15) is 69.7 Å². The number of anilines is 2. The fourth-order valence-corrected chi connectivity index (χ4v) is 11.6. The van der Waals surface area contributed by atoms with Crippen molar-refractivity contribution in [2.75, 3.05) is 43.0 Å². The van der Waals surface area contributed by atoms with E-state index in [4.69, 9.17) is 4.74 Å². The summed E-state index contributed by atoms with van der Waals surface area (Å²) >= 11 is 0. The summed E-state index contributed by atoms with van der Waals surface area (Å²) in [5, 5.41) is 10.4. The molecular formula is C60H60F4N8O4.